The number of nitrogens with one attached hydrogen (secondary N) is 1. The fourth-order valence-electron chi connectivity index (χ4n) is 1.67. The molecule has 1 aromatic carbocycles. The minimum atomic E-state index is -3.37. The minimum absolute atomic E-state index is 0.00564. The first-order valence-corrected chi connectivity index (χ1v) is 8.70. The van der Waals surface area contributed by atoms with Gasteiger partial charge in [0.2, 0.25) is 10.0 Å². The molecule has 0 aliphatic rings. The van der Waals surface area contributed by atoms with Crippen molar-refractivity contribution in [1.82, 2.24) is 0 Å². The van der Waals surface area contributed by atoms with Gasteiger partial charge in [0.15, 0.2) is 0 Å². The van der Waals surface area contributed by atoms with Crippen LogP contribution in [0.1, 0.15) is 37.8 Å². The van der Waals surface area contributed by atoms with Crippen LogP contribution in [0.5, 0.6) is 0 Å². The number of aliphatic hydroxyl groups is 1. The Kier molecular flexibility index (Phi) is 6.73. The molecule has 2 N–H and O–H groups in total. The molecule has 0 atom stereocenters. The fourth-order valence-corrected chi connectivity index (χ4v) is 3.06. The summed E-state index contributed by atoms with van der Waals surface area (Å²) in [7, 11) is -3.37. The average molecular weight is 309 g/mol. The molecule has 1 rings (SSSR count). The maximum Gasteiger partial charge on any atom is 0.232 e. The first-order chi connectivity index (χ1) is 9.84. The molecule has 0 spiro atoms. The maximum atomic E-state index is 12.1. The molecule has 0 unspecified atom stereocenters. The van der Waals surface area contributed by atoms with Crippen LogP contribution in [-0.4, -0.2) is 25.9 Å². The van der Waals surface area contributed by atoms with E-state index < -0.39 is 10.0 Å². The van der Waals surface area contributed by atoms with Gasteiger partial charge in [-0.1, -0.05) is 31.8 Å². The molecular formula is C16H23NO3S. The molecule has 0 radical (unpaired) electrons. The van der Waals surface area contributed by atoms with E-state index in [9.17, 15) is 8.42 Å². The van der Waals surface area contributed by atoms with Gasteiger partial charge in [-0.15, -0.1) is 0 Å². The van der Waals surface area contributed by atoms with E-state index in [1.54, 1.807) is 12.1 Å². The highest BCUT2D eigenvalue weighted by atomic mass is 32.2. The normalized spacial score (nSPS) is 11.1. The smallest absolute Gasteiger partial charge is 0.232 e. The van der Waals surface area contributed by atoms with Crippen LogP contribution in [0.2, 0.25) is 0 Å². The number of sulfonamides is 1. The average Bonchev–Trinajstić information content (AvgIpc) is 2.39. The topological polar surface area (TPSA) is 66.4 Å². The Morgan fingerprint density at radius 3 is 2.67 bits per heavy atom. The van der Waals surface area contributed by atoms with Crippen LogP contribution in [0.15, 0.2) is 18.2 Å². The van der Waals surface area contributed by atoms with Gasteiger partial charge in [-0.2, -0.15) is 0 Å². The molecule has 0 fully saturated rings. The molecule has 0 aliphatic heterocycles. The van der Waals surface area contributed by atoms with Crippen LogP contribution in [0.3, 0.4) is 0 Å². The molecule has 4 nitrogen and oxygen atoms in total. The highest BCUT2D eigenvalue weighted by Gasteiger charge is 2.13. The van der Waals surface area contributed by atoms with Crippen molar-refractivity contribution in [2.45, 2.75) is 33.6 Å². The minimum Gasteiger partial charge on any atom is -0.395 e. The number of benzene rings is 1. The summed E-state index contributed by atoms with van der Waals surface area (Å²) in [6.45, 7) is 5.88. The predicted octanol–water partition coefficient (Wildman–Crippen LogP) is 2.52. The summed E-state index contributed by atoms with van der Waals surface area (Å²) in [4.78, 5) is 0. The van der Waals surface area contributed by atoms with Crippen LogP contribution < -0.4 is 4.72 Å². The second-order valence-corrected chi connectivity index (χ2v) is 7.27. The van der Waals surface area contributed by atoms with Crippen molar-refractivity contribution in [2.24, 2.45) is 5.92 Å². The van der Waals surface area contributed by atoms with Gasteiger partial charge < -0.3 is 5.11 Å². The van der Waals surface area contributed by atoms with Crippen LogP contribution in [0.4, 0.5) is 5.69 Å². The van der Waals surface area contributed by atoms with Gasteiger partial charge in [0.25, 0.3) is 0 Å². The summed E-state index contributed by atoms with van der Waals surface area (Å²) < 4.78 is 26.8. The van der Waals surface area contributed by atoms with Gasteiger partial charge in [-0.05, 0) is 37.0 Å². The lowest BCUT2D eigenvalue weighted by Gasteiger charge is -2.11. The molecule has 0 amide bonds. The predicted molar refractivity (Wildman–Crippen MR) is 86.6 cm³/mol. The quantitative estimate of drug-likeness (QED) is 0.794. The molecular weight excluding hydrogens is 286 g/mol. The second-order valence-electron chi connectivity index (χ2n) is 5.43. The number of anilines is 1. The first-order valence-electron chi connectivity index (χ1n) is 7.05. The Balaban J connectivity index is 2.96. The highest BCUT2D eigenvalue weighted by molar-refractivity contribution is 7.92. The zero-order chi connectivity index (χ0) is 15.9. The summed E-state index contributed by atoms with van der Waals surface area (Å²) in [5, 5.41) is 8.75. The zero-order valence-electron chi connectivity index (χ0n) is 12.8. The van der Waals surface area contributed by atoms with E-state index in [-0.39, 0.29) is 12.4 Å². The van der Waals surface area contributed by atoms with E-state index in [1.165, 1.54) is 0 Å². The number of aliphatic hydroxyl groups excluding tert-OH is 1. The van der Waals surface area contributed by atoms with E-state index in [0.717, 1.165) is 5.56 Å². The van der Waals surface area contributed by atoms with Crippen molar-refractivity contribution in [3.8, 4) is 11.8 Å². The van der Waals surface area contributed by atoms with Crippen molar-refractivity contribution in [3.05, 3.63) is 29.3 Å². The number of hydrogen-bond donors (Lipinski definition) is 2. The summed E-state index contributed by atoms with van der Waals surface area (Å²) >= 11 is 0. The van der Waals surface area contributed by atoms with Crippen molar-refractivity contribution in [1.29, 1.82) is 0 Å². The fraction of sp³-hybridized carbons (Fsp3) is 0.500. The van der Waals surface area contributed by atoms with Gasteiger partial charge in [-0.3, -0.25) is 4.72 Å². The number of rotatable bonds is 6. The van der Waals surface area contributed by atoms with Crippen LogP contribution >= 0.6 is 0 Å². The largest absolute Gasteiger partial charge is 0.395 e. The second kappa shape index (κ2) is 8.06. The van der Waals surface area contributed by atoms with Crippen molar-refractivity contribution in [3.63, 3.8) is 0 Å². The zero-order valence-corrected chi connectivity index (χ0v) is 13.6. The lowest BCUT2D eigenvalue weighted by molar-refractivity contribution is 0.305. The standard InChI is InChI=1S/C16H23NO3S/c1-13(2)9-11-21(19,20)17-16-12-14(3)7-8-15(16)6-4-5-10-18/h7-8,12-13,17-18H,5,9-11H2,1-3H3. The highest BCUT2D eigenvalue weighted by Crippen LogP contribution is 2.19. The summed E-state index contributed by atoms with van der Waals surface area (Å²) in [6.07, 6.45) is 0.986. The Morgan fingerprint density at radius 1 is 1.33 bits per heavy atom. The van der Waals surface area contributed by atoms with Gasteiger partial charge in [0.1, 0.15) is 0 Å². The molecule has 0 aliphatic carbocycles. The van der Waals surface area contributed by atoms with E-state index >= 15 is 0 Å². The monoisotopic (exact) mass is 309 g/mol. The molecule has 0 bridgehead atoms. The molecule has 116 valence electrons. The summed E-state index contributed by atoms with van der Waals surface area (Å²) in [6, 6.07) is 5.45. The Labute approximate surface area is 127 Å². The molecule has 1 aromatic rings. The van der Waals surface area contributed by atoms with E-state index in [2.05, 4.69) is 16.6 Å². The molecule has 0 saturated carbocycles. The molecule has 0 saturated heterocycles. The number of hydrogen-bond acceptors (Lipinski definition) is 3. The van der Waals surface area contributed by atoms with Crippen LogP contribution in [0, 0.1) is 24.7 Å². The van der Waals surface area contributed by atoms with Gasteiger partial charge in [0.05, 0.1) is 18.0 Å². The van der Waals surface area contributed by atoms with Crippen molar-refractivity contribution < 1.29 is 13.5 Å². The lowest BCUT2D eigenvalue weighted by atomic mass is 10.1. The summed E-state index contributed by atoms with van der Waals surface area (Å²) in [5.74, 6) is 6.14. The Morgan fingerprint density at radius 2 is 2.05 bits per heavy atom. The third-order valence-electron chi connectivity index (χ3n) is 2.86. The van der Waals surface area contributed by atoms with Crippen LogP contribution in [-0.2, 0) is 10.0 Å². The van der Waals surface area contributed by atoms with Gasteiger partial charge in [-0.25, -0.2) is 8.42 Å². The van der Waals surface area contributed by atoms with Gasteiger partial charge >= 0.3 is 0 Å². The van der Waals surface area contributed by atoms with Crippen molar-refractivity contribution >= 4 is 15.7 Å². The Bertz CT molecular complexity index is 625. The number of aryl methyl sites for hydroxylation is 1. The van der Waals surface area contributed by atoms with E-state index in [0.29, 0.717) is 30.0 Å². The molecule has 21 heavy (non-hydrogen) atoms. The summed E-state index contributed by atoms with van der Waals surface area (Å²) in [5.41, 5.74) is 2.09. The molecule has 0 aromatic heterocycles. The van der Waals surface area contributed by atoms with Gasteiger partial charge in [0, 0.05) is 12.0 Å². The van der Waals surface area contributed by atoms with Crippen LogP contribution in [0.25, 0.3) is 0 Å². The van der Waals surface area contributed by atoms with E-state index in [4.69, 9.17) is 5.11 Å². The Hall–Kier alpha value is -1.51. The third kappa shape index (κ3) is 6.65. The third-order valence-corrected chi connectivity index (χ3v) is 4.17. The first kappa shape index (κ1) is 17.5. The van der Waals surface area contributed by atoms with E-state index in [1.807, 2.05) is 26.8 Å². The maximum absolute atomic E-state index is 12.1. The molecule has 5 heteroatoms. The SMILES string of the molecule is Cc1ccc(C#CCCO)c(NS(=O)(=O)CCC(C)C)c1. The molecule has 0 heterocycles. The van der Waals surface area contributed by atoms with Crippen molar-refractivity contribution in [2.75, 3.05) is 17.1 Å². The lowest BCUT2D eigenvalue weighted by Crippen LogP contribution is -2.18.